The number of carboxylic acid groups (broad SMARTS) is 1. The summed E-state index contributed by atoms with van der Waals surface area (Å²) in [6.07, 6.45) is 0.896. The molecule has 0 radical (unpaired) electrons. The molecule has 1 aromatic carbocycles. The number of carboxylic acids is 1. The Kier molecular flexibility index (Phi) is 2.79. The fourth-order valence-corrected chi connectivity index (χ4v) is 3.13. The number of amides is 1. The summed E-state index contributed by atoms with van der Waals surface area (Å²) in [6.45, 7) is 4.13. The van der Waals surface area contributed by atoms with Crippen molar-refractivity contribution in [3.8, 4) is 0 Å². The number of rotatable bonds is 3. The standard InChI is InChI=1S/C14H14N2O3S/c1-14(2)6-8(14)11(17)16-13-15-9-4-3-7(12(18)19)5-10(9)20-13/h3-5,8H,6H2,1-2H3,(H,18,19)(H,15,16,17). The fourth-order valence-electron chi connectivity index (χ4n) is 2.22. The molecule has 0 bridgehead atoms. The Balaban J connectivity index is 1.83. The molecule has 1 amide bonds. The minimum atomic E-state index is -0.967. The van der Waals surface area contributed by atoms with Gasteiger partial charge in [-0.3, -0.25) is 4.79 Å². The lowest BCUT2D eigenvalue weighted by Gasteiger charge is -2.02. The van der Waals surface area contributed by atoms with Crippen LogP contribution < -0.4 is 5.32 Å². The van der Waals surface area contributed by atoms with Crippen LogP contribution in [-0.4, -0.2) is 22.0 Å². The van der Waals surface area contributed by atoms with Crippen molar-refractivity contribution >= 4 is 38.6 Å². The zero-order chi connectivity index (χ0) is 14.5. The van der Waals surface area contributed by atoms with Gasteiger partial charge in [-0.05, 0) is 30.0 Å². The molecular weight excluding hydrogens is 276 g/mol. The van der Waals surface area contributed by atoms with Gasteiger partial charge in [0.1, 0.15) is 0 Å². The quantitative estimate of drug-likeness (QED) is 0.910. The number of hydrogen-bond acceptors (Lipinski definition) is 4. The van der Waals surface area contributed by atoms with Crippen LogP contribution in [0.5, 0.6) is 0 Å². The van der Waals surface area contributed by atoms with Gasteiger partial charge in [-0.15, -0.1) is 0 Å². The van der Waals surface area contributed by atoms with Gasteiger partial charge in [0.25, 0.3) is 0 Å². The summed E-state index contributed by atoms with van der Waals surface area (Å²) in [4.78, 5) is 27.2. The number of anilines is 1. The fraction of sp³-hybridized carbons (Fsp3) is 0.357. The van der Waals surface area contributed by atoms with Crippen LogP contribution in [0.2, 0.25) is 0 Å². The molecule has 0 spiro atoms. The van der Waals surface area contributed by atoms with Crippen molar-refractivity contribution in [2.24, 2.45) is 11.3 Å². The van der Waals surface area contributed by atoms with Crippen LogP contribution in [-0.2, 0) is 4.79 Å². The summed E-state index contributed by atoms with van der Waals surface area (Å²) < 4.78 is 0.759. The van der Waals surface area contributed by atoms with Crippen molar-refractivity contribution in [2.75, 3.05) is 5.32 Å². The van der Waals surface area contributed by atoms with E-state index < -0.39 is 5.97 Å². The summed E-state index contributed by atoms with van der Waals surface area (Å²) in [5.41, 5.74) is 1.00. The van der Waals surface area contributed by atoms with Gasteiger partial charge in [0.05, 0.1) is 15.8 Å². The third-order valence-electron chi connectivity index (χ3n) is 3.70. The Morgan fingerprint density at radius 2 is 2.15 bits per heavy atom. The van der Waals surface area contributed by atoms with E-state index >= 15 is 0 Å². The predicted octanol–water partition coefficient (Wildman–Crippen LogP) is 2.98. The van der Waals surface area contributed by atoms with E-state index in [1.165, 1.54) is 17.4 Å². The van der Waals surface area contributed by atoms with Crippen LogP contribution in [0.1, 0.15) is 30.6 Å². The van der Waals surface area contributed by atoms with Crippen LogP contribution in [0.3, 0.4) is 0 Å². The minimum Gasteiger partial charge on any atom is -0.478 e. The molecule has 1 unspecified atom stereocenters. The summed E-state index contributed by atoms with van der Waals surface area (Å²) in [6, 6.07) is 4.75. The second kappa shape index (κ2) is 4.28. The van der Waals surface area contributed by atoms with E-state index in [4.69, 9.17) is 5.11 Å². The first-order valence-corrected chi connectivity index (χ1v) is 7.13. The normalized spacial score (nSPS) is 19.8. The second-order valence-electron chi connectivity index (χ2n) is 5.74. The lowest BCUT2D eigenvalue weighted by atomic mass is 10.1. The van der Waals surface area contributed by atoms with E-state index in [1.54, 1.807) is 12.1 Å². The first kappa shape index (κ1) is 13.1. The van der Waals surface area contributed by atoms with E-state index in [9.17, 15) is 9.59 Å². The van der Waals surface area contributed by atoms with Crippen LogP contribution in [0.25, 0.3) is 10.2 Å². The molecule has 1 fully saturated rings. The highest BCUT2D eigenvalue weighted by atomic mass is 32.1. The van der Waals surface area contributed by atoms with E-state index in [2.05, 4.69) is 24.1 Å². The number of hydrogen-bond donors (Lipinski definition) is 2. The van der Waals surface area contributed by atoms with Crippen molar-refractivity contribution < 1.29 is 14.7 Å². The van der Waals surface area contributed by atoms with Crippen molar-refractivity contribution in [1.29, 1.82) is 0 Å². The number of carbonyl (C=O) groups is 2. The second-order valence-corrected chi connectivity index (χ2v) is 6.77. The van der Waals surface area contributed by atoms with Crippen LogP contribution in [0, 0.1) is 11.3 Å². The summed E-state index contributed by atoms with van der Waals surface area (Å²) in [7, 11) is 0. The molecule has 5 nitrogen and oxygen atoms in total. The average Bonchev–Trinajstić information content (AvgIpc) is 2.83. The molecule has 1 aliphatic rings. The van der Waals surface area contributed by atoms with Gasteiger partial charge in [-0.2, -0.15) is 0 Å². The third kappa shape index (κ3) is 2.27. The number of fused-ring (bicyclic) bond motifs is 1. The Hall–Kier alpha value is -1.95. The molecule has 2 aromatic rings. The zero-order valence-electron chi connectivity index (χ0n) is 11.1. The van der Waals surface area contributed by atoms with E-state index in [0.717, 1.165) is 11.1 Å². The monoisotopic (exact) mass is 290 g/mol. The summed E-state index contributed by atoms with van der Waals surface area (Å²) in [5.74, 6) is -0.928. The average molecular weight is 290 g/mol. The first-order valence-electron chi connectivity index (χ1n) is 6.31. The molecule has 6 heteroatoms. The molecule has 20 heavy (non-hydrogen) atoms. The Morgan fingerprint density at radius 1 is 1.45 bits per heavy atom. The van der Waals surface area contributed by atoms with Gasteiger partial charge in [0, 0.05) is 5.92 Å². The van der Waals surface area contributed by atoms with E-state index in [-0.39, 0.29) is 22.8 Å². The number of carbonyl (C=O) groups excluding carboxylic acids is 1. The van der Waals surface area contributed by atoms with E-state index in [0.29, 0.717) is 10.6 Å². The predicted molar refractivity (Wildman–Crippen MR) is 77.1 cm³/mol. The van der Waals surface area contributed by atoms with E-state index in [1.807, 2.05) is 0 Å². The first-order chi connectivity index (χ1) is 9.37. The lowest BCUT2D eigenvalue weighted by molar-refractivity contribution is -0.118. The number of benzene rings is 1. The molecule has 3 rings (SSSR count). The maximum absolute atomic E-state index is 12.0. The van der Waals surface area contributed by atoms with Crippen molar-refractivity contribution in [3.63, 3.8) is 0 Å². The van der Waals surface area contributed by atoms with Gasteiger partial charge in [-0.1, -0.05) is 25.2 Å². The molecule has 2 N–H and O–H groups in total. The molecule has 0 aliphatic heterocycles. The van der Waals surface area contributed by atoms with Gasteiger partial charge in [-0.25, -0.2) is 9.78 Å². The number of thiazole rings is 1. The summed E-state index contributed by atoms with van der Waals surface area (Å²) >= 11 is 1.30. The smallest absolute Gasteiger partial charge is 0.335 e. The Bertz CT molecular complexity index is 720. The van der Waals surface area contributed by atoms with Crippen molar-refractivity contribution in [3.05, 3.63) is 23.8 Å². The SMILES string of the molecule is CC1(C)CC1C(=O)Nc1nc2ccc(C(=O)O)cc2s1. The van der Waals surface area contributed by atoms with Gasteiger partial charge in [0.2, 0.25) is 5.91 Å². The van der Waals surface area contributed by atoms with Gasteiger partial charge >= 0.3 is 5.97 Å². The summed E-state index contributed by atoms with van der Waals surface area (Å²) in [5, 5.41) is 12.3. The number of nitrogens with one attached hydrogen (secondary N) is 1. The maximum atomic E-state index is 12.0. The molecule has 0 saturated heterocycles. The highest BCUT2D eigenvalue weighted by molar-refractivity contribution is 7.22. The molecule has 1 aliphatic carbocycles. The lowest BCUT2D eigenvalue weighted by Crippen LogP contribution is -2.16. The van der Waals surface area contributed by atoms with Gasteiger partial charge < -0.3 is 10.4 Å². The van der Waals surface area contributed by atoms with Gasteiger partial charge in [0.15, 0.2) is 5.13 Å². The highest BCUT2D eigenvalue weighted by Crippen LogP contribution is 2.52. The zero-order valence-corrected chi connectivity index (χ0v) is 12.0. The molecule has 1 atom stereocenters. The van der Waals surface area contributed by atoms with Crippen LogP contribution in [0.4, 0.5) is 5.13 Å². The largest absolute Gasteiger partial charge is 0.478 e. The Labute approximate surface area is 119 Å². The minimum absolute atomic E-state index is 0.00693. The highest BCUT2D eigenvalue weighted by Gasteiger charge is 2.50. The van der Waals surface area contributed by atoms with Crippen molar-refractivity contribution in [1.82, 2.24) is 4.98 Å². The van der Waals surface area contributed by atoms with Crippen LogP contribution in [0.15, 0.2) is 18.2 Å². The number of aromatic carboxylic acids is 1. The third-order valence-corrected chi connectivity index (χ3v) is 4.63. The maximum Gasteiger partial charge on any atom is 0.335 e. The topological polar surface area (TPSA) is 79.3 Å². The Morgan fingerprint density at radius 3 is 2.75 bits per heavy atom. The molecule has 1 heterocycles. The van der Waals surface area contributed by atoms with Crippen LogP contribution >= 0.6 is 11.3 Å². The number of nitrogens with zero attached hydrogens (tertiary/aromatic N) is 1. The molecule has 1 aromatic heterocycles. The number of aromatic nitrogens is 1. The molecule has 104 valence electrons. The molecular formula is C14H14N2O3S. The molecule has 1 saturated carbocycles. The van der Waals surface area contributed by atoms with Crippen molar-refractivity contribution in [2.45, 2.75) is 20.3 Å².